The first-order chi connectivity index (χ1) is 67.9. The maximum atomic E-state index is 15.1. The SMILES string of the molecule is CC[C@H](C)[C@@H]([C@@H](CC(=O)N1CCC[C@H]1C[C@@H](C)C(=O)N[C@H](C)[C@@H](O)c1ccccc1)OC)N(C)C(=O)[C@@H](NC(=O)[C@H](C(C)C)N(C)C(=O)OCc1ccc(NC(=O)[C@H](CCCNC(N)=O)NC(=O)[C@@H](NC(=O)[C@H](CCC(N)=O)NC(=O)CCOCCC(=O)NCCNc2ncc(-c3cc(C)cc(F)c3)c(N3CCC(N)CC3)c2-c2nc3ccc(Cl)cc3[nH]2)C(C)C)c(O[C@@H]2O[C@H](CO)[C@@H](O)[C@H](O)[C@H]2O)c1)C(C)C. The zero-order chi connectivity index (χ0) is 105. The van der Waals surface area contributed by atoms with E-state index in [4.69, 9.17) is 62.5 Å². The number of piperidine rings is 1. The number of pyridine rings is 1. The van der Waals surface area contributed by atoms with E-state index in [9.17, 15) is 78.3 Å². The van der Waals surface area contributed by atoms with Gasteiger partial charge in [0.25, 0.3) is 0 Å². The quantitative estimate of drug-likeness (QED) is 0.0208. The van der Waals surface area contributed by atoms with E-state index in [1.165, 1.54) is 49.4 Å². The standard InChI is InChI=1S/C100H145ClFN19O22/c1-15-57(9)84(74(139-14)49-79(126)121-38-20-23-66(121)45-58(10)92(131)110-59(11)86(127)61-21-17-16-18-22-61)118(12)97(136)82(54(4)5)117-96(135)83(55(6)7)119(13)100(138)141-52-60-25-27-69(73(46-60)142-98-89(130)88(129)87(128)75(51-122)143-98)114-93(132)70(24-19-35-108-99(105)137)115-95(134)81(53(2)3)116-94(133)71(29-30-76(104)123)111-78(125)34-42-140-41-33-77(124)106-36-37-107-90-80(91-112-68-28-26-63(101)48-72(68)113-91)85(120-39-31-65(103)32-40-120)67(50-109-90)62-43-56(8)44-64(102)47-62/h16-18,21-22,25-28,43-44,46-48,50,53-55,57-59,65-66,70-71,74-75,81-84,86-89,98,122,127-130H,15,19-20,23-24,29-42,45,49,51-52,103H2,1-14H3,(H2,104,123)(H,106,124)(H,107,109)(H,110,131)(H,111,125)(H,112,113)(H,114,132)(H,115,134)(H,116,133)(H,117,135)(H3,105,108,137)/t57-,58+,59+,66-,70-,71-,74+,75+,81-,82-,83-,84-,86+,87+,88-,89+,98+/m0/s1. The fourth-order valence-electron chi connectivity index (χ4n) is 18.0. The fraction of sp³-hybridized carbons (Fsp3) is 0.580. The van der Waals surface area contributed by atoms with E-state index in [0.29, 0.717) is 114 Å². The molecule has 4 aromatic carbocycles. The average molecular weight is 2020 g/mol. The molecule has 0 aliphatic carbocycles. The van der Waals surface area contributed by atoms with Crippen molar-refractivity contribution in [2.45, 2.75) is 264 Å². The van der Waals surface area contributed by atoms with Gasteiger partial charge in [-0.05, 0) is 154 Å². The molecule has 0 radical (unpaired) electrons. The maximum Gasteiger partial charge on any atom is 0.410 e. The van der Waals surface area contributed by atoms with Gasteiger partial charge in [-0.25, -0.2) is 23.9 Å². The predicted octanol–water partition coefficient (Wildman–Crippen LogP) is 5.55. The van der Waals surface area contributed by atoms with Gasteiger partial charge in [-0.3, -0.25) is 52.8 Å². The minimum absolute atomic E-state index is 0.00591. The first-order valence-corrected chi connectivity index (χ1v) is 49.3. The molecule has 143 heavy (non-hydrogen) atoms. The van der Waals surface area contributed by atoms with Gasteiger partial charge in [-0.1, -0.05) is 123 Å². The number of aliphatic hydroxyl groups is 5. The summed E-state index contributed by atoms with van der Waals surface area (Å²) in [6.07, 6.45) is -8.09. The van der Waals surface area contributed by atoms with Crippen LogP contribution in [-0.4, -0.2) is 298 Å². The first kappa shape index (κ1) is 115. The van der Waals surface area contributed by atoms with Gasteiger partial charge in [0.05, 0.1) is 78.5 Å². The molecule has 9 rings (SSSR count). The van der Waals surface area contributed by atoms with E-state index in [2.05, 4.69) is 57.7 Å². The number of halogens is 2. The number of aromatic amines is 1. The molecule has 3 aliphatic rings. The Bertz CT molecular complexity index is 5290. The van der Waals surface area contributed by atoms with Gasteiger partial charge >= 0.3 is 12.1 Å². The number of hydrogen-bond acceptors (Lipinski definition) is 27. The number of likely N-dealkylation sites (N-methyl/N-ethyl adjacent to an activating group) is 2. The highest BCUT2D eigenvalue weighted by Crippen LogP contribution is 2.45. The monoisotopic (exact) mass is 2020 g/mol. The van der Waals surface area contributed by atoms with E-state index >= 15 is 9.18 Å². The molecule has 0 saturated carbocycles. The van der Waals surface area contributed by atoms with Gasteiger partial charge < -0.3 is 134 Å². The molecule has 13 amide bonds. The number of carbonyl (C=O) groups excluding carboxylic acids is 12. The molecule has 786 valence electrons. The van der Waals surface area contributed by atoms with Crippen molar-refractivity contribution in [3.63, 3.8) is 0 Å². The maximum absolute atomic E-state index is 15.1. The van der Waals surface area contributed by atoms with Crippen LogP contribution < -0.4 is 74.7 Å². The van der Waals surface area contributed by atoms with Crippen LogP contribution in [0.25, 0.3) is 33.5 Å². The van der Waals surface area contributed by atoms with Crippen molar-refractivity contribution >= 4 is 111 Å². The highest BCUT2D eigenvalue weighted by atomic mass is 35.5. The van der Waals surface area contributed by atoms with Gasteiger partial charge in [0.1, 0.15) is 84.4 Å². The van der Waals surface area contributed by atoms with Gasteiger partial charge in [-0.15, -0.1) is 0 Å². The molecule has 43 heteroatoms. The Morgan fingerprint density at radius 2 is 1.40 bits per heavy atom. The van der Waals surface area contributed by atoms with Crippen molar-refractivity contribution < 1.29 is 111 Å². The number of nitrogens with zero attached hydrogens (tertiary/aromatic N) is 6. The van der Waals surface area contributed by atoms with E-state index in [0.717, 1.165) is 10.6 Å². The summed E-state index contributed by atoms with van der Waals surface area (Å²) in [5, 5.41) is 79.5. The number of carbonyl (C=O) groups is 12. The van der Waals surface area contributed by atoms with Crippen molar-refractivity contribution in [1.82, 2.24) is 66.9 Å². The Balaban J connectivity index is 0.818. The fourth-order valence-corrected chi connectivity index (χ4v) is 18.2. The molecule has 3 saturated heterocycles. The smallest absolute Gasteiger partial charge is 0.410 e. The number of imidazole rings is 1. The number of H-pyrrole nitrogens is 1. The first-order valence-electron chi connectivity index (χ1n) is 48.9. The number of aryl methyl sites for hydroxylation is 1. The molecular weight excluding hydrogens is 1870 g/mol. The number of aromatic nitrogens is 3. The molecule has 21 N–H and O–H groups in total. The van der Waals surface area contributed by atoms with Crippen LogP contribution >= 0.6 is 11.6 Å². The van der Waals surface area contributed by atoms with Gasteiger partial charge in [0.15, 0.2) is 0 Å². The Hall–Kier alpha value is -12.0. The summed E-state index contributed by atoms with van der Waals surface area (Å²) in [4.78, 5) is 187. The second-order valence-electron chi connectivity index (χ2n) is 38.3. The van der Waals surface area contributed by atoms with E-state index in [-0.39, 0.29) is 124 Å². The highest BCUT2D eigenvalue weighted by Gasteiger charge is 2.47. The minimum Gasteiger partial charge on any atom is -0.460 e. The van der Waals surface area contributed by atoms with E-state index < -0.39 is 188 Å². The summed E-state index contributed by atoms with van der Waals surface area (Å²) in [7, 11) is 4.39. The third-order valence-corrected chi connectivity index (χ3v) is 26.5. The second-order valence-corrected chi connectivity index (χ2v) is 38.7. The Labute approximate surface area is 837 Å². The molecule has 0 spiro atoms. The zero-order valence-corrected chi connectivity index (χ0v) is 84.7. The number of aliphatic hydroxyl groups excluding tert-OH is 5. The van der Waals surface area contributed by atoms with Crippen LogP contribution in [0.2, 0.25) is 5.02 Å². The van der Waals surface area contributed by atoms with Crippen LogP contribution in [0, 0.1) is 42.3 Å². The van der Waals surface area contributed by atoms with Crippen molar-refractivity contribution in [2.75, 3.05) is 95.8 Å². The summed E-state index contributed by atoms with van der Waals surface area (Å²) in [5.74, 6) is -8.93. The normalized spacial score (nSPS) is 18.9. The third kappa shape index (κ3) is 32.2. The lowest BCUT2D eigenvalue weighted by Gasteiger charge is -2.40. The molecule has 5 heterocycles. The van der Waals surface area contributed by atoms with Crippen LogP contribution in [0.1, 0.15) is 176 Å². The lowest BCUT2D eigenvalue weighted by molar-refractivity contribution is -0.277. The number of amides is 13. The van der Waals surface area contributed by atoms with Gasteiger partial charge in [-0.2, -0.15) is 0 Å². The molecule has 6 aromatic rings. The number of ether oxygens (including phenoxy) is 5. The topological polar surface area (TPSA) is 593 Å². The number of rotatable bonds is 52. The van der Waals surface area contributed by atoms with Gasteiger partial charge in [0, 0.05) is 115 Å². The lowest BCUT2D eigenvalue weighted by Crippen LogP contribution is -2.60. The largest absolute Gasteiger partial charge is 0.460 e. The summed E-state index contributed by atoms with van der Waals surface area (Å²) in [5.41, 5.74) is 22.6. The highest BCUT2D eigenvalue weighted by molar-refractivity contribution is 6.31. The number of hydrogen-bond donors (Lipinski definition) is 18. The van der Waals surface area contributed by atoms with Crippen molar-refractivity contribution in [3.8, 4) is 28.3 Å². The molecule has 0 unspecified atom stereocenters. The van der Waals surface area contributed by atoms with E-state index in [1.807, 2.05) is 45.0 Å². The van der Waals surface area contributed by atoms with Crippen LogP contribution in [0.15, 0.2) is 91.1 Å². The summed E-state index contributed by atoms with van der Waals surface area (Å²) in [6.45, 7) is 19.3. The number of primary amides is 2. The van der Waals surface area contributed by atoms with Crippen LogP contribution in [-0.2, 0) is 73.5 Å². The number of likely N-dealkylation sites (tertiary alicyclic amines) is 1. The molecule has 3 fully saturated rings. The Morgan fingerprint density at radius 1 is 0.713 bits per heavy atom. The summed E-state index contributed by atoms with van der Waals surface area (Å²) in [6, 6.07) is 13.7. The molecule has 17 atom stereocenters. The third-order valence-electron chi connectivity index (χ3n) is 26.2. The summed E-state index contributed by atoms with van der Waals surface area (Å²) < 4.78 is 44.6. The van der Waals surface area contributed by atoms with Crippen LogP contribution in [0.5, 0.6) is 5.75 Å². The zero-order valence-electron chi connectivity index (χ0n) is 83.9. The molecule has 2 aromatic heterocycles. The molecule has 0 bridgehead atoms. The molecule has 3 aliphatic heterocycles. The number of nitrogens with one attached hydrogen (secondary N) is 10. The van der Waals surface area contributed by atoms with Crippen molar-refractivity contribution in [3.05, 3.63) is 119 Å². The lowest BCUT2D eigenvalue weighted by atomic mass is 9.89. The number of anilines is 3. The van der Waals surface area contributed by atoms with E-state index in [1.54, 1.807) is 104 Å². The van der Waals surface area contributed by atoms with Crippen LogP contribution in [0.3, 0.4) is 0 Å². The number of nitrogens with two attached hydrogens (primary N) is 3. The molecule has 41 nitrogen and oxygen atoms in total. The van der Waals surface area contributed by atoms with Crippen molar-refractivity contribution in [1.29, 1.82) is 0 Å². The molecular formula is C100H145ClFN19O22. The average Bonchev–Trinajstić information content (AvgIpc) is 1.71. The Morgan fingerprint density at radius 3 is 2.05 bits per heavy atom. The summed E-state index contributed by atoms with van der Waals surface area (Å²) >= 11 is 6.41. The van der Waals surface area contributed by atoms with Gasteiger partial charge in [0.2, 0.25) is 65.4 Å². The number of fused-ring (bicyclic) bond motifs is 1. The van der Waals surface area contributed by atoms with Crippen molar-refractivity contribution in [2.24, 2.45) is 46.8 Å². The number of methoxy groups -OCH3 is 1. The Kier molecular flexibility index (Phi) is 43.8. The second kappa shape index (κ2) is 54.6. The predicted molar refractivity (Wildman–Crippen MR) is 533 cm³/mol. The number of benzene rings is 4. The van der Waals surface area contributed by atoms with Crippen LogP contribution in [0.4, 0.5) is 31.2 Å². The minimum atomic E-state index is -2.01. The number of urea groups is 1.